The van der Waals surface area contributed by atoms with E-state index >= 15 is 0 Å². The zero-order valence-corrected chi connectivity index (χ0v) is 15.3. The molecule has 0 saturated heterocycles. The molecule has 0 aromatic carbocycles. The van der Waals surface area contributed by atoms with E-state index in [-0.39, 0.29) is 12.0 Å². The molecular weight excluding hydrogens is 284 g/mol. The van der Waals surface area contributed by atoms with Gasteiger partial charge < -0.3 is 15.6 Å². The van der Waals surface area contributed by atoms with Gasteiger partial charge in [-0.25, -0.2) is 0 Å². The van der Waals surface area contributed by atoms with Gasteiger partial charge in [-0.3, -0.25) is 10.1 Å². The summed E-state index contributed by atoms with van der Waals surface area (Å²) >= 11 is 0. The van der Waals surface area contributed by atoms with E-state index in [9.17, 15) is 9.90 Å². The van der Waals surface area contributed by atoms with Crippen LogP contribution in [0.4, 0.5) is 0 Å². The van der Waals surface area contributed by atoms with Gasteiger partial charge in [-0.15, -0.1) is 0 Å². The highest BCUT2D eigenvalue weighted by molar-refractivity contribution is 6.76. The van der Waals surface area contributed by atoms with Crippen molar-refractivity contribution in [2.75, 3.05) is 6.61 Å². The van der Waals surface area contributed by atoms with E-state index in [2.05, 4.69) is 25.0 Å². The van der Waals surface area contributed by atoms with Gasteiger partial charge in [0.2, 0.25) is 0 Å². The molecule has 4 N–H and O–H groups in total. The van der Waals surface area contributed by atoms with Crippen LogP contribution in [0.25, 0.3) is 0 Å². The number of carbonyl (C=O) groups excluding carboxylic acids is 1. The Morgan fingerprint density at radius 3 is 2.29 bits per heavy atom. The lowest BCUT2D eigenvalue weighted by molar-refractivity contribution is -0.147. The first-order valence-electron chi connectivity index (χ1n) is 8.07. The van der Waals surface area contributed by atoms with Gasteiger partial charge in [0.1, 0.15) is 12.3 Å². The third-order valence-electron chi connectivity index (χ3n) is 3.36. The van der Waals surface area contributed by atoms with Crippen LogP contribution >= 0.6 is 0 Å². The number of esters is 1. The fraction of sp³-hybridized carbons (Fsp3) is 0.933. The zero-order chi connectivity index (χ0) is 16.5. The Kier molecular flexibility index (Phi) is 10.1. The van der Waals surface area contributed by atoms with Gasteiger partial charge in [0.25, 0.3) is 0 Å². The minimum absolute atomic E-state index is 0.280. The predicted molar refractivity (Wildman–Crippen MR) is 89.8 cm³/mol. The van der Waals surface area contributed by atoms with Crippen LogP contribution in [0.3, 0.4) is 0 Å². The second kappa shape index (κ2) is 10.3. The summed E-state index contributed by atoms with van der Waals surface area (Å²) in [4.78, 5) is 12.1. The van der Waals surface area contributed by atoms with Gasteiger partial charge in [0.15, 0.2) is 0 Å². The van der Waals surface area contributed by atoms with Crippen molar-refractivity contribution in [3.05, 3.63) is 0 Å². The number of nitrogens with one attached hydrogen (secondary N) is 1. The molecule has 6 heteroatoms. The van der Waals surface area contributed by atoms with E-state index in [1.165, 1.54) is 0 Å². The fourth-order valence-corrected chi connectivity index (χ4v) is 2.65. The van der Waals surface area contributed by atoms with E-state index in [1.54, 1.807) is 0 Å². The van der Waals surface area contributed by atoms with Gasteiger partial charge in [-0.05, 0) is 18.9 Å². The number of hydrogen-bond donors (Lipinski definition) is 3. The highest BCUT2D eigenvalue weighted by atomic mass is 28.3. The lowest BCUT2D eigenvalue weighted by Gasteiger charge is -2.25. The summed E-state index contributed by atoms with van der Waals surface area (Å²) in [5.74, 6) is -0.280. The number of rotatable bonds is 11. The lowest BCUT2D eigenvalue weighted by Crippen LogP contribution is -2.52. The van der Waals surface area contributed by atoms with E-state index in [1.807, 2.05) is 13.8 Å². The SMILES string of the molecule is CCC[C@H](N[C@H](O)[C@@H](N)CCC)C(=O)OCC[Si](C)(C)C. The summed E-state index contributed by atoms with van der Waals surface area (Å²) in [6.45, 7) is 11.2. The first kappa shape index (κ1) is 20.6. The molecule has 0 aromatic heterocycles. The van der Waals surface area contributed by atoms with Crippen molar-refractivity contribution in [2.45, 2.75) is 83.5 Å². The summed E-state index contributed by atoms with van der Waals surface area (Å²) in [5.41, 5.74) is 5.87. The third-order valence-corrected chi connectivity index (χ3v) is 5.06. The molecule has 0 heterocycles. The van der Waals surface area contributed by atoms with Crippen LogP contribution in [0.2, 0.25) is 25.7 Å². The molecule has 0 unspecified atom stereocenters. The predicted octanol–water partition coefficient (Wildman–Crippen LogP) is 2.07. The summed E-state index contributed by atoms with van der Waals surface area (Å²) in [6, 6.07) is 0.119. The number of ether oxygens (including phenoxy) is 1. The summed E-state index contributed by atoms with van der Waals surface area (Å²) in [6.07, 6.45) is 2.24. The molecule has 0 saturated carbocycles. The second-order valence-corrected chi connectivity index (χ2v) is 12.5. The largest absolute Gasteiger partial charge is 0.465 e. The average molecular weight is 319 g/mol. The van der Waals surface area contributed by atoms with Gasteiger partial charge >= 0.3 is 5.97 Å². The Labute approximate surface area is 130 Å². The van der Waals surface area contributed by atoms with E-state index in [0.29, 0.717) is 13.0 Å². The van der Waals surface area contributed by atoms with Crippen LogP contribution in [0.5, 0.6) is 0 Å². The Morgan fingerprint density at radius 1 is 1.24 bits per heavy atom. The van der Waals surface area contributed by atoms with Gasteiger partial charge in [-0.1, -0.05) is 46.3 Å². The van der Waals surface area contributed by atoms with Crippen LogP contribution in [-0.2, 0) is 9.53 Å². The molecule has 0 rings (SSSR count). The van der Waals surface area contributed by atoms with Crippen molar-refractivity contribution >= 4 is 14.0 Å². The minimum Gasteiger partial charge on any atom is -0.465 e. The molecule has 0 bridgehead atoms. The molecule has 0 fully saturated rings. The number of aliphatic hydroxyl groups is 1. The van der Waals surface area contributed by atoms with Gasteiger partial charge in [0, 0.05) is 14.1 Å². The molecule has 3 atom stereocenters. The van der Waals surface area contributed by atoms with Gasteiger partial charge in [0.05, 0.1) is 6.61 Å². The standard InChI is InChI=1S/C15H34N2O3Si/c1-6-8-12(16)14(18)17-13(9-7-2)15(19)20-10-11-21(3,4)5/h12-14,17-18H,6-11,16H2,1-5H3/t12-,13-,14+/m0/s1. The number of nitrogens with two attached hydrogens (primary N) is 1. The third kappa shape index (κ3) is 10.0. The highest BCUT2D eigenvalue weighted by Crippen LogP contribution is 2.09. The first-order chi connectivity index (χ1) is 9.71. The van der Waals surface area contributed by atoms with Crippen molar-refractivity contribution in [3.63, 3.8) is 0 Å². The van der Waals surface area contributed by atoms with Crippen molar-refractivity contribution in [3.8, 4) is 0 Å². The summed E-state index contributed by atoms with van der Waals surface area (Å²) in [7, 11) is -1.20. The van der Waals surface area contributed by atoms with E-state index in [4.69, 9.17) is 10.5 Å². The van der Waals surface area contributed by atoms with Crippen LogP contribution < -0.4 is 11.1 Å². The maximum absolute atomic E-state index is 12.1. The molecule has 21 heavy (non-hydrogen) atoms. The van der Waals surface area contributed by atoms with Crippen molar-refractivity contribution in [1.29, 1.82) is 0 Å². The second-order valence-electron chi connectivity index (χ2n) is 6.88. The highest BCUT2D eigenvalue weighted by Gasteiger charge is 2.25. The van der Waals surface area contributed by atoms with Gasteiger partial charge in [-0.2, -0.15) is 0 Å². The number of aliphatic hydroxyl groups excluding tert-OH is 1. The molecule has 0 amide bonds. The Bertz CT molecular complexity index is 295. The molecule has 0 aliphatic carbocycles. The van der Waals surface area contributed by atoms with Crippen LogP contribution in [-0.4, -0.2) is 44.1 Å². The van der Waals surface area contributed by atoms with Crippen LogP contribution in [0, 0.1) is 0 Å². The average Bonchev–Trinajstić information content (AvgIpc) is 2.36. The molecule has 0 spiro atoms. The maximum atomic E-state index is 12.1. The molecular formula is C15H34N2O3Si. The topological polar surface area (TPSA) is 84.6 Å². The van der Waals surface area contributed by atoms with Crippen molar-refractivity contribution in [2.24, 2.45) is 5.73 Å². The van der Waals surface area contributed by atoms with Crippen molar-refractivity contribution < 1.29 is 14.6 Å². The maximum Gasteiger partial charge on any atom is 0.323 e. The monoisotopic (exact) mass is 318 g/mol. The Balaban J connectivity index is 4.35. The smallest absolute Gasteiger partial charge is 0.323 e. The normalized spacial score (nSPS) is 16.3. The van der Waals surface area contributed by atoms with Crippen LogP contribution in [0.1, 0.15) is 39.5 Å². The fourth-order valence-electron chi connectivity index (χ4n) is 1.94. The molecule has 126 valence electrons. The summed E-state index contributed by atoms with van der Waals surface area (Å²) in [5, 5.41) is 12.9. The summed E-state index contributed by atoms with van der Waals surface area (Å²) < 4.78 is 5.35. The Morgan fingerprint density at radius 2 is 1.81 bits per heavy atom. The number of carbonyl (C=O) groups is 1. The molecule has 0 aliphatic rings. The molecule has 0 aliphatic heterocycles. The number of hydrogen-bond acceptors (Lipinski definition) is 5. The molecule has 5 nitrogen and oxygen atoms in total. The Hall–Kier alpha value is -0.433. The first-order valence-corrected chi connectivity index (χ1v) is 11.8. The zero-order valence-electron chi connectivity index (χ0n) is 14.3. The van der Waals surface area contributed by atoms with Crippen molar-refractivity contribution in [1.82, 2.24) is 5.32 Å². The van der Waals surface area contributed by atoms with Crippen LogP contribution in [0.15, 0.2) is 0 Å². The van der Waals surface area contributed by atoms with E-state index in [0.717, 1.165) is 25.3 Å². The lowest BCUT2D eigenvalue weighted by atomic mass is 10.1. The molecule has 0 radical (unpaired) electrons. The van der Waals surface area contributed by atoms with E-state index < -0.39 is 20.3 Å². The minimum atomic E-state index is -1.20. The molecule has 0 aromatic rings. The quantitative estimate of drug-likeness (QED) is 0.308.